The SMILES string of the molecule is CC(C)(C)NCc1coc(OCCOc2ccccc2)n1. The second-order valence-electron chi connectivity index (χ2n) is 5.72. The van der Waals surface area contributed by atoms with E-state index in [0.717, 1.165) is 11.4 Å². The second-order valence-corrected chi connectivity index (χ2v) is 5.72. The normalized spacial score (nSPS) is 11.4. The molecule has 1 aromatic heterocycles. The Morgan fingerprint density at radius 2 is 1.81 bits per heavy atom. The largest absolute Gasteiger partial charge is 0.490 e. The van der Waals surface area contributed by atoms with Gasteiger partial charge in [0, 0.05) is 12.1 Å². The molecule has 1 heterocycles. The quantitative estimate of drug-likeness (QED) is 0.794. The molecule has 2 rings (SSSR count). The van der Waals surface area contributed by atoms with Crippen molar-refractivity contribution in [3.8, 4) is 11.8 Å². The van der Waals surface area contributed by atoms with Crippen LogP contribution < -0.4 is 14.8 Å². The minimum Gasteiger partial charge on any atom is -0.490 e. The van der Waals surface area contributed by atoms with E-state index in [9.17, 15) is 0 Å². The van der Waals surface area contributed by atoms with Crippen LogP contribution in [0.1, 0.15) is 26.5 Å². The molecule has 0 saturated heterocycles. The van der Waals surface area contributed by atoms with Gasteiger partial charge in [-0.1, -0.05) is 18.2 Å². The number of rotatable bonds is 7. The van der Waals surface area contributed by atoms with Gasteiger partial charge < -0.3 is 19.2 Å². The number of ether oxygens (including phenoxy) is 2. The average Bonchev–Trinajstić information content (AvgIpc) is 2.90. The summed E-state index contributed by atoms with van der Waals surface area (Å²) in [6.07, 6.45) is 1.88. The Hall–Kier alpha value is -2.01. The fraction of sp³-hybridized carbons (Fsp3) is 0.438. The van der Waals surface area contributed by atoms with E-state index in [0.29, 0.717) is 19.8 Å². The summed E-state index contributed by atoms with van der Waals surface area (Å²) in [7, 11) is 0. The molecule has 0 amide bonds. The molecule has 0 aliphatic rings. The lowest BCUT2D eigenvalue weighted by Crippen LogP contribution is -2.35. The van der Waals surface area contributed by atoms with E-state index in [1.54, 1.807) is 6.26 Å². The van der Waals surface area contributed by atoms with Gasteiger partial charge in [-0.2, -0.15) is 4.98 Å². The van der Waals surface area contributed by atoms with Crippen molar-refractivity contribution in [2.45, 2.75) is 32.9 Å². The van der Waals surface area contributed by atoms with Crippen LogP contribution in [0.3, 0.4) is 0 Å². The molecule has 5 heteroatoms. The Bertz CT molecular complexity index is 532. The number of para-hydroxylation sites is 1. The topological polar surface area (TPSA) is 56.5 Å². The molecule has 0 fully saturated rings. The van der Waals surface area contributed by atoms with Gasteiger partial charge in [0.1, 0.15) is 25.2 Å². The molecule has 0 aliphatic heterocycles. The zero-order valence-electron chi connectivity index (χ0n) is 12.8. The third-order valence-electron chi connectivity index (χ3n) is 2.65. The Morgan fingerprint density at radius 3 is 2.52 bits per heavy atom. The lowest BCUT2D eigenvalue weighted by atomic mass is 10.1. The Labute approximate surface area is 125 Å². The van der Waals surface area contributed by atoms with Crippen molar-refractivity contribution in [1.29, 1.82) is 0 Å². The second kappa shape index (κ2) is 7.13. The fourth-order valence-corrected chi connectivity index (χ4v) is 1.60. The highest BCUT2D eigenvalue weighted by Gasteiger charge is 2.11. The molecule has 0 bridgehead atoms. The van der Waals surface area contributed by atoms with E-state index in [4.69, 9.17) is 13.9 Å². The third kappa shape index (κ3) is 5.87. The number of aromatic nitrogens is 1. The standard InChI is InChI=1S/C16H22N2O3/c1-16(2,3)17-11-13-12-21-15(18-13)20-10-9-19-14-7-5-4-6-8-14/h4-8,12,17H,9-11H2,1-3H3. The molecule has 1 N–H and O–H groups in total. The Kier molecular flexibility index (Phi) is 5.22. The van der Waals surface area contributed by atoms with E-state index in [-0.39, 0.29) is 11.6 Å². The number of benzene rings is 1. The van der Waals surface area contributed by atoms with Gasteiger partial charge in [-0.05, 0) is 32.9 Å². The van der Waals surface area contributed by atoms with Crippen LogP contribution in [0, 0.1) is 0 Å². The van der Waals surface area contributed by atoms with Gasteiger partial charge in [-0.3, -0.25) is 0 Å². The monoisotopic (exact) mass is 290 g/mol. The Balaban J connectivity index is 1.68. The predicted octanol–water partition coefficient (Wildman–Crippen LogP) is 3.02. The van der Waals surface area contributed by atoms with Crippen LogP contribution in [0.5, 0.6) is 11.8 Å². The van der Waals surface area contributed by atoms with E-state index < -0.39 is 0 Å². The molecule has 2 aromatic rings. The summed E-state index contributed by atoms with van der Waals surface area (Å²) < 4.78 is 16.2. The molecule has 0 aliphatic carbocycles. The van der Waals surface area contributed by atoms with Crippen LogP contribution in [0.2, 0.25) is 0 Å². The molecule has 5 nitrogen and oxygen atoms in total. The predicted molar refractivity (Wildman–Crippen MR) is 80.5 cm³/mol. The molecule has 0 saturated carbocycles. The number of hydrogen-bond donors (Lipinski definition) is 1. The highest BCUT2D eigenvalue weighted by atomic mass is 16.6. The number of nitrogens with one attached hydrogen (secondary N) is 1. The van der Waals surface area contributed by atoms with Gasteiger partial charge in [0.15, 0.2) is 0 Å². The molecule has 1 aromatic carbocycles. The van der Waals surface area contributed by atoms with Crippen LogP contribution in [0.4, 0.5) is 0 Å². The highest BCUT2D eigenvalue weighted by molar-refractivity contribution is 5.20. The smallest absolute Gasteiger partial charge is 0.393 e. The molecule has 0 atom stereocenters. The van der Waals surface area contributed by atoms with Gasteiger partial charge in [0.25, 0.3) is 0 Å². The van der Waals surface area contributed by atoms with E-state index in [2.05, 4.69) is 31.1 Å². The zero-order chi connectivity index (χ0) is 15.1. The van der Waals surface area contributed by atoms with Gasteiger partial charge in [0.2, 0.25) is 0 Å². The van der Waals surface area contributed by atoms with Crippen LogP contribution in [-0.2, 0) is 6.54 Å². The first kappa shape index (κ1) is 15.4. The minimum atomic E-state index is 0.0451. The maximum absolute atomic E-state index is 5.52. The van der Waals surface area contributed by atoms with Crippen molar-refractivity contribution < 1.29 is 13.9 Å². The molecule has 114 valence electrons. The first-order valence-corrected chi connectivity index (χ1v) is 7.03. The summed E-state index contributed by atoms with van der Waals surface area (Å²) in [5, 5.41) is 3.34. The summed E-state index contributed by atoms with van der Waals surface area (Å²) in [6.45, 7) is 7.79. The minimum absolute atomic E-state index is 0.0451. The first-order chi connectivity index (χ1) is 10.0. The lowest BCUT2D eigenvalue weighted by Gasteiger charge is -2.19. The van der Waals surface area contributed by atoms with Gasteiger partial charge in [0.05, 0.1) is 5.69 Å². The van der Waals surface area contributed by atoms with Crippen LogP contribution in [-0.4, -0.2) is 23.7 Å². The van der Waals surface area contributed by atoms with Crippen molar-refractivity contribution in [1.82, 2.24) is 10.3 Å². The Morgan fingerprint density at radius 1 is 1.10 bits per heavy atom. The maximum Gasteiger partial charge on any atom is 0.393 e. The summed E-state index contributed by atoms with van der Waals surface area (Å²) in [5.41, 5.74) is 0.868. The van der Waals surface area contributed by atoms with Gasteiger partial charge in [-0.25, -0.2) is 0 Å². The lowest BCUT2D eigenvalue weighted by molar-refractivity contribution is 0.176. The maximum atomic E-state index is 5.52. The molecule has 0 unspecified atom stereocenters. The number of hydrogen-bond acceptors (Lipinski definition) is 5. The average molecular weight is 290 g/mol. The molecular formula is C16H22N2O3. The first-order valence-electron chi connectivity index (χ1n) is 7.03. The zero-order valence-corrected chi connectivity index (χ0v) is 12.8. The van der Waals surface area contributed by atoms with Crippen molar-refractivity contribution in [2.24, 2.45) is 0 Å². The van der Waals surface area contributed by atoms with E-state index in [1.807, 2.05) is 30.3 Å². The summed E-state index contributed by atoms with van der Waals surface area (Å²) in [6, 6.07) is 9.61. The number of nitrogens with zero attached hydrogens (tertiary/aromatic N) is 1. The van der Waals surface area contributed by atoms with Crippen molar-refractivity contribution >= 4 is 0 Å². The van der Waals surface area contributed by atoms with Crippen molar-refractivity contribution in [2.75, 3.05) is 13.2 Å². The number of oxazole rings is 1. The van der Waals surface area contributed by atoms with Crippen molar-refractivity contribution in [3.63, 3.8) is 0 Å². The van der Waals surface area contributed by atoms with E-state index >= 15 is 0 Å². The van der Waals surface area contributed by atoms with Gasteiger partial charge >= 0.3 is 6.08 Å². The van der Waals surface area contributed by atoms with Crippen LogP contribution in [0.25, 0.3) is 0 Å². The molecule has 21 heavy (non-hydrogen) atoms. The van der Waals surface area contributed by atoms with E-state index in [1.165, 1.54) is 0 Å². The summed E-state index contributed by atoms with van der Waals surface area (Å²) in [5.74, 6) is 0.823. The van der Waals surface area contributed by atoms with Crippen LogP contribution >= 0.6 is 0 Å². The van der Waals surface area contributed by atoms with Crippen molar-refractivity contribution in [3.05, 3.63) is 42.3 Å². The summed E-state index contributed by atoms with van der Waals surface area (Å²) >= 11 is 0. The fourth-order valence-electron chi connectivity index (χ4n) is 1.60. The summed E-state index contributed by atoms with van der Waals surface area (Å²) in [4.78, 5) is 4.25. The molecular weight excluding hydrogens is 268 g/mol. The third-order valence-corrected chi connectivity index (χ3v) is 2.65. The molecule has 0 spiro atoms. The highest BCUT2D eigenvalue weighted by Crippen LogP contribution is 2.12. The molecule has 0 radical (unpaired) electrons. The van der Waals surface area contributed by atoms with Crippen LogP contribution in [0.15, 0.2) is 41.0 Å². The van der Waals surface area contributed by atoms with Gasteiger partial charge in [-0.15, -0.1) is 0 Å².